The molecule has 202 valence electrons. The van der Waals surface area contributed by atoms with E-state index < -0.39 is 0 Å². The van der Waals surface area contributed by atoms with E-state index in [4.69, 9.17) is 0 Å². The first kappa shape index (κ1) is 28.5. The van der Waals surface area contributed by atoms with E-state index >= 15 is 0 Å². The SMILES string of the molecule is Cc1cc(C2=CC=C(c3cc(C)c(C)c(C)c3)[N+]2=[N-])cc(C)c1C.Cc1cc[c]([Ni][c]2ccc(C)cc2)cc1. The van der Waals surface area contributed by atoms with Crippen molar-refractivity contribution >= 4 is 20.5 Å². The molecule has 3 heteroatoms. The fourth-order valence-corrected chi connectivity index (χ4v) is 5.48. The minimum atomic E-state index is 0.826. The first-order valence-electron chi connectivity index (χ1n) is 13.3. The second kappa shape index (κ2) is 12.1. The van der Waals surface area contributed by atoms with Crippen molar-refractivity contribution in [2.24, 2.45) is 0 Å². The summed E-state index contributed by atoms with van der Waals surface area (Å²) >= 11 is 1.61. The minimum absolute atomic E-state index is 0.826. The van der Waals surface area contributed by atoms with Gasteiger partial charge in [-0.2, -0.15) is 0 Å². The summed E-state index contributed by atoms with van der Waals surface area (Å²) in [5.74, 6) is 0. The van der Waals surface area contributed by atoms with Gasteiger partial charge in [0.2, 0.25) is 11.4 Å². The molecule has 0 saturated heterocycles. The molecule has 0 aliphatic carbocycles. The molecule has 0 aromatic heterocycles. The first-order valence-corrected chi connectivity index (χ1v) is 14.3. The number of allylic oxidation sites excluding steroid dienone is 2. The predicted molar refractivity (Wildman–Crippen MR) is 163 cm³/mol. The van der Waals surface area contributed by atoms with Gasteiger partial charge in [0.1, 0.15) is 0 Å². The molecule has 1 heterocycles. The molecule has 5 rings (SSSR count). The van der Waals surface area contributed by atoms with Crippen molar-refractivity contribution in [3.05, 3.63) is 146 Å². The molecular formula is C36H38N2Ni. The summed E-state index contributed by atoms with van der Waals surface area (Å²) < 4.78 is 3.95. The van der Waals surface area contributed by atoms with Crippen molar-refractivity contribution in [1.82, 2.24) is 0 Å². The second-order valence-electron chi connectivity index (χ2n) is 10.5. The van der Waals surface area contributed by atoms with Crippen LogP contribution in [0.15, 0.2) is 84.9 Å². The van der Waals surface area contributed by atoms with Gasteiger partial charge < -0.3 is 5.53 Å². The van der Waals surface area contributed by atoms with Crippen molar-refractivity contribution in [3.8, 4) is 0 Å². The summed E-state index contributed by atoms with van der Waals surface area (Å²) in [6, 6.07) is 25.9. The van der Waals surface area contributed by atoms with Gasteiger partial charge in [0.15, 0.2) is 0 Å². The summed E-state index contributed by atoms with van der Waals surface area (Å²) in [5.41, 5.74) is 24.7. The Morgan fingerprint density at radius 2 is 0.795 bits per heavy atom. The van der Waals surface area contributed by atoms with Gasteiger partial charge in [-0.1, -0.05) is 0 Å². The third-order valence-corrected chi connectivity index (χ3v) is 8.69. The molecule has 1 aliphatic heterocycles. The summed E-state index contributed by atoms with van der Waals surface area (Å²) in [4.78, 5) is 0. The van der Waals surface area contributed by atoms with E-state index in [0.717, 1.165) is 22.5 Å². The quantitative estimate of drug-likeness (QED) is 0.178. The first-order chi connectivity index (χ1) is 18.5. The van der Waals surface area contributed by atoms with Gasteiger partial charge in [0, 0.05) is 23.3 Å². The average Bonchev–Trinajstić information content (AvgIpc) is 3.29. The Labute approximate surface area is 240 Å². The van der Waals surface area contributed by atoms with Crippen LogP contribution in [0, 0.1) is 55.4 Å². The molecule has 0 amide bonds. The normalized spacial score (nSPS) is 12.7. The zero-order valence-electron chi connectivity index (χ0n) is 24.3. The number of benzene rings is 4. The van der Waals surface area contributed by atoms with E-state index in [2.05, 4.69) is 128 Å². The van der Waals surface area contributed by atoms with Gasteiger partial charge in [0.25, 0.3) is 0 Å². The van der Waals surface area contributed by atoms with Crippen LogP contribution in [0.1, 0.15) is 55.6 Å². The summed E-state index contributed by atoms with van der Waals surface area (Å²) in [5, 5.41) is 0. The van der Waals surface area contributed by atoms with Crippen LogP contribution in [0.2, 0.25) is 0 Å². The maximum atomic E-state index is 10.8. The Morgan fingerprint density at radius 3 is 1.10 bits per heavy atom. The van der Waals surface area contributed by atoms with E-state index in [0.29, 0.717) is 0 Å². The molecule has 0 spiro atoms. The third kappa shape index (κ3) is 6.73. The van der Waals surface area contributed by atoms with Gasteiger partial charge in [0.05, 0.1) is 0 Å². The molecular weight excluding hydrogens is 519 g/mol. The zero-order chi connectivity index (χ0) is 28.3. The van der Waals surface area contributed by atoms with E-state index in [1.54, 1.807) is 14.4 Å². The van der Waals surface area contributed by atoms with Crippen molar-refractivity contribution in [3.63, 3.8) is 0 Å². The Morgan fingerprint density at radius 1 is 0.487 bits per heavy atom. The number of nitrogens with zero attached hydrogens (tertiary/aromatic N) is 2. The molecule has 4 aromatic carbocycles. The van der Waals surface area contributed by atoms with Crippen LogP contribution >= 0.6 is 0 Å². The Balaban J connectivity index is 0.000000202. The summed E-state index contributed by atoms with van der Waals surface area (Å²) in [7, 11) is 0. The van der Waals surface area contributed by atoms with Crippen molar-refractivity contribution in [1.29, 1.82) is 0 Å². The topological polar surface area (TPSA) is 25.3 Å². The number of hydrogen-bond donors (Lipinski definition) is 0. The monoisotopic (exact) mass is 556 g/mol. The van der Waals surface area contributed by atoms with Crippen LogP contribution in [0.25, 0.3) is 16.9 Å². The van der Waals surface area contributed by atoms with Crippen molar-refractivity contribution in [2.75, 3.05) is 0 Å². The molecule has 1 aliphatic rings. The predicted octanol–water partition coefficient (Wildman–Crippen LogP) is 8.30. The second-order valence-corrected chi connectivity index (χ2v) is 11.9. The summed E-state index contributed by atoms with van der Waals surface area (Å²) in [6.07, 6.45) is 3.98. The van der Waals surface area contributed by atoms with Crippen LogP contribution < -0.4 is 9.07 Å². The van der Waals surface area contributed by atoms with Crippen LogP contribution in [-0.4, -0.2) is 4.70 Å². The van der Waals surface area contributed by atoms with E-state index in [-0.39, 0.29) is 0 Å². The number of hydrogen-bond acceptors (Lipinski definition) is 0. The molecule has 2 nitrogen and oxygen atoms in total. The molecule has 0 saturated carbocycles. The molecule has 0 unspecified atom stereocenters. The molecule has 4 aromatic rings. The Hall–Kier alpha value is -3.55. The van der Waals surface area contributed by atoms with Crippen LogP contribution in [0.5, 0.6) is 0 Å². The molecule has 0 fully saturated rings. The number of aryl methyl sites for hydroxylation is 6. The van der Waals surface area contributed by atoms with Gasteiger partial charge in [-0.3, -0.25) is 0 Å². The molecule has 0 N–H and O–H groups in total. The molecule has 0 bridgehead atoms. The average molecular weight is 557 g/mol. The van der Waals surface area contributed by atoms with Gasteiger partial charge >= 0.3 is 97.0 Å². The zero-order valence-corrected chi connectivity index (χ0v) is 25.3. The van der Waals surface area contributed by atoms with Crippen LogP contribution in [-0.2, 0) is 14.4 Å². The molecule has 0 radical (unpaired) electrons. The van der Waals surface area contributed by atoms with E-state index in [1.165, 1.54) is 58.3 Å². The Bertz CT molecular complexity index is 1420. The van der Waals surface area contributed by atoms with Crippen LogP contribution in [0.3, 0.4) is 0 Å². The van der Waals surface area contributed by atoms with E-state index in [9.17, 15) is 5.53 Å². The molecule has 0 atom stereocenters. The summed E-state index contributed by atoms with van der Waals surface area (Å²) in [6.45, 7) is 17.0. The van der Waals surface area contributed by atoms with Crippen LogP contribution in [0.4, 0.5) is 0 Å². The van der Waals surface area contributed by atoms with Gasteiger partial charge in [-0.25, -0.2) is 4.70 Å². The Kier molecular flexibility index (Phi) is 8.83. The standard InChI is InChI=1S/C22H24N2.2C7H7.Ni/c1-13-9-19(10-14(2)17(13)5)21-7-8-22(24(21)23)20-11-15(3)18(6)16(4)12-20;2*1-7-5-3-2-4-6-7;/h7-12H,1-6H3;2*3-6H,1H3;. The maximum absolute atomic E-state index is 10.8. The number of rotatable bonds is 4. The van der Waals surface area contributed by atoms with Gasteiger partial charge in [-0.05, 0) is 99.2 Å². The van der Waals surface area contributed by atoms with E-state index in [1.807, 2.05) is 12.2 Å². The fraction of sp³-hybridized carbons (Fsp3) is 0.222. The van der Waals surface area contributed by atoms with Gasteiger partial charge in [-0.15, -0.1) is 0 Å². The fourth-order valence-electron chi connectivity index (χ4n) is 4.49. The molecule has 39 heavy (non-hydrogen) atoms. The van der Waals surface area contributed by atoms with Crippen molar-refractivity contribution < 1.29 is 19.1 Å². The third-order valence-electron chi connectivity index (χ3n) is 7.46. The van der Waals surface area contributed by atoms with Crippen molar-refractivity contribution in [2.45, 2.75) is 55.4 Å².